The third-order valence-corrected chi connectivity index (χ3v) is 3.15. The number of hydrogen-bond donors (Lipinski definition) is 1. The summed E-state index contributed by atoms with van der Waals surface area (Å²) in [7, 11) is 0. The number of pyridine rings is 1. The highest BCUT2D eigenvalue weighted by atomic mass is 16.6. The molecule has 0 aliphatic carbocycles. The number of fused-ring (bicyclic) bond motifs is 1. The van der Waals surface area contributed by atoms with Gasteiger partial charge in [0.05, 0.1) is 0 Å². The summed E-state index contributed by atoms with van der Waals surface area (Å²) in [6.07, 6.45) is 2.49. The van der Waals surface area contributed by atoms with Gasteiger partial charge in [-0.1, -0.05) is 12.1 Å². The molecule has 0 spiro atoms. The minimum Gasteiger partial charge on any atom is -0.486 e. The molecule has 1 aliphatic rings. The van der Waals surface area contributed by atoms with Crippen molar-refractivity contribution in [3.63, 3.8) is 0 Å². The number of rotatable bonds is 3. The Bertz CT molecular complexity index is 557. The molecule has 2 aromatic rings. The lowest BCUT2D eigenvalue weighted by Crippen LogP contribution is -2.17. The van der Waals surface area contributed by atoms with Gasteiger partial charge in [0, 0.05) is 24.4 Å². The van der Waals surface area contributed by atoms with Crippen LogP contribution in [0.4, 0.5) is 0 Å². The molecule has 2 heterocycles. The van der Waals surface area contributed by atoms with Crippen molar-refractivity contribution in [2.24, 2.45) is 5.73 Å². The number of aromatic nitrogens is 1. The van der Waals surface area contributed by atoms with E-state index in [0.29, 0.717) is 19.6 Å². The van der Waals surface area contributed by atoms with Gasteiger partial charge in [-0.25, -0.2) is 0 Å². The maximum Gasteiger partial charge on any atom is 0.161 e. The van der Waals surface area contributed by atoms with Gasteiger partial charge in [-0.05, 0) is 29.8 Å². The average molecular weight is 256 g/mol. The lowest BCUT2D eigenvalue weighted by molar-refractivity contribution is 0.171. The number of ether oxygens (including phenoxy) is 2. The lowest BCUT2D eigenvalue weighted by atomic mass is 10.0. The van der Waals surface area contributed by atoms with Crippen LogP contribution in [0.1, 0.15) is 17.3 Å². The molecule has 0 bridgehead atoms. The van der Waals surface area contributed by atoms with E-state index in [0.717, 1.165) is 22.8 Å². The van der Waals surface area contributed by atoms with Gasteiger partial charge in [-0.3, -0.25) is 4.98 Å². The molecule has 0 fully saturated rings. The van der Waals surface area contributed by atoms with Crippen LogP contribution in [0, 0.1) is 0 Å². The van der Waals surface area contributed by atoms with Crippen molar-refractivity contribution in [1.82, 2.24) is 4.98 Å². The van der Waals surface area contributed by atoms with Crippen molar-refractivity contribution in [2.45, 2.75) is 12.5 Å². The van der Waals surface area contributed by atoms with E-state index in [4.69, 9.17) is 15.2 Å². The van der Waals surface area contributed by atoms with Crippen LogP contribution in [-0.4, -0.2) is 18.2 Å². The monoisotopic (exact) mass is 256 g/mol. The normalized spacial score (nSPS) is 15.0. The van der Waals surface area contributed by atoms with E-state index in [-0.39, 0.29) is 6.04 Å². The minimum atomic E-state index is -0.0919. The van der Waals surface area contributed by atoms with Gasteiger partial charge in [0.25, 0.3) is 0 Å². The van der Waals surface area contributed by atoms with Crippen molar-refractivity contribution >= 4 is 0 Å². The fraction of sp³-hybridized carbons (Fsp3) is 0.267. The summed E-state index contributed by atoms with van der Waals surface area (Å²) in [5.41, 5.74) is 8.25. The van der Waals surface area contributed by atoms with E-state index in [1.165, 1.54) is 0 Å². The highest BCUT2D eigenvalue weighted by Gasteiger charge is 2.15. The fourth-order valence-electron chi connectivity index (χ4n) is 2.15. The first-order valence-electron chi connectivity index (χ1n) is 6.38. The first kappa shape index (κ1) is 12.0. The summed E-state index contributed by atoms with van der Waals surface area (Å²) in [5.74, 6) is 1.57. The van der Waals surface area contributed by atoms with Crippen LogP contribution in [0.5, 0.6) is 11.5 Å². The second kappa shape index (κ2) is 5.28. The van der Waals surface area contributed by atoms with E-state index < -0.39 is 0 Å². The van der Waals surface area contributed by atoms with Gasteiger partial charge in [-0.15, -0.1) is 0 Å². The quantitative estimate of drug-likeness (QED) is 0.913. The zero-order chi connectivity index (χ0) is 13.1. The third-order valence-electron chi connectivity index (χ3n) is 3.15. The summed E-state index contributed by atoms with van der Waals surface area (Å²) >= 11 is 0. The van der Waals surface area contributed by atoms with Crippen LogP contribution in [0.3, 0.4) is 0 Å². The largest absolute Gasteiger partial charge is 0.486 e. The predicted octanol–water partition coefficient (Wildman–Crippen LogP) is 2.10. The molecule has 1 unspecified atom stereocenters. The molecular formula is C15H16N2O2. The van der Waals surface area contributed by atoms with Crippen LogP contribution >= 0.6 is 0 Å². The maximum absolute atomic E-state index is 6.22. The minimum absolute atomic E-state index is 0.0919. The van der Waals surface area contributed by atoms with E-state index in [9.17, 15) is 0 Å². The fourth-order valence-corrected chi connectivity index (χ4v) is 2.15. The van der Waals surface area contributed by atoms with E-state index in [2.05, 4.69) is 4.98 Å². The zero-order valence-corrected chi connectivity index (χ0v) is 10.6. The van der Waals surface area contributed by atoms with Gasteiger partial charge in [0.2, 0.25) is 0 Å². The molecule has 1 aromatic heterocycles. The Balaban J connectivity index is 1.78. The molecular weight excluding hydrogens is 240 g/mol. The smallest absolute Gasteiger partial charge is 0.161 e. The molecule has 0 radical (unpaired) electrons. The molecule has 1 atom stereocenters. The van der Waals surface area contributed by atoms with Crippen molar-refractivity contribution in [1.29, 1.82) is 0 Å². The first-order valence-corrected chi connectivity index (χ1v) is 6.38. The molecule has 1 aliphatic heterocycles. The Morgan fingerprint density at radius 3 is 2.74 bits per heavy atom. The molecule has 0 saturated carbocycles. The highest BCUT2D eigenvalue weighted by molar-refractivity contribution is 5.44. The molecule has 98 valence electrons. The van der Waals surface area contributed by atoms with Gasteiger partial charge in [0.15, 0.2) is 11.5 Å². The zero-order valence-electron chi connectivity index (χ0n) is 10.6. The van der Waals surface area contributed by atoms with Gasteiger partial charge < -0.3 is 15.2 Å². The summed E-state index contributed by atoms with van der Waals surface area (Å²) < 4.78 is 11.1. The second-order valence-corrected chi connectivity index (χ2v) is 4.53. The number of nitrogens with two attached hydrogens (primary N) is 1. The summed E-state index contributed by atoms with van der Waals surface area (Å²) in [5, 5.41) is 0. The molecule has 0 amide bonds. The van der Waals surface area contributed by atoms with Crippen LogP contribution in [-0.2, 0) is 6.42 Å². The number of hydrogen-bond acceptors (Lipinski definition) is 4. The Morgan fingerprint density at radius 2 is 1.95 bits per heavy atom. The van der Waals surface area contributed by atoms with Crippen LogP contribution in [0.15, 0.2) is 42.6 Å². The van der Waals surface area contributed by atoms with Crippen molar-refractivity contribution in [2.75, 3.05) is 13.2 Å². The standard InChI is InChI=1S/C15H16N2O2/c16-13(10-12-3-1-2-6-17-12)11-4-5-14-15(9-11)19-8-7-18-14/h1-6,9,13H,7-8,10,16H2. The van der Waals surface area contributed by atoms with Gasteiger partial charge >= 0.3 is 0 Å². The molecule has 2 N–H and O–H groups in total. The van der Waals surface area contributed by atoms with Gasteiger partial charge in [-0.2, -0.15) is 0 Å². The first-order chi connectivity index (χ1) is 9.33. The SMILES string of the molecule is NC(Cc1ccccn1)c1ccc2c(c1)OCCO2. The van der Waals surface area contributed by atoms with Crippen molar-refractivity contribution in [3.05, 3.63) is 53.9 Å². The highest BCUT2D eigenvalue weighted by Crippen LogP contribution is 2.32. The Morgan fingerprint density at radius 1 is 1.11 bits per heavy atom. The average Bonchev–Trinajstić information content (AvgIpc) is 2.48. The Kier molecular flexibility index (Phi) is 3.33. The summed E-state index contributed by atoms with van der Waals surface area (Å²) in [4.78, 5) is 4.30. The molecule has 3 rings (SSSR count). The summed E-state index contributed by atoms with van der Waals surface area (Å²) in [6.45, 7) is 1.19. The van der Waals surface area contributed by atoms with Crippen molar-refractivity contribution in [3.8, 4) is 11.5 Å². The molecule has 1 aromatic carbocycles. The van der Waals surface area contributed by atoms with Gasteiger partial charge in [0.1, 0.15) is 13.2 Å². The molecule has 4 nitrogen and oxygen atoms in total. The van der Waals surface area contributed by atoms with E-state index >= 15 is 0 Å². The number of nitrogens with zero attached hydrogens (tertiary/aromatic N) is 1. The van der Waals surface area contributed by atoms with Crippen LogP contribution in [0.2, 0.25) is 0 Å². The summed E-state index contributed by atoms with van der Waals surface area (Å²) in [6, 6.07) is 11.6. The third kappa shape index (κ3) is 2.69. The number of benzene rings is 1. The second-order valence-electron chi connectivity index (χ2n) is 4.53. The molecule has 19 heavy (non-hydrogen) atoms. The van der Waals surface area contributed by atoms with Crippen LogP contribution in [0.25, 0.3) is 0 Å². The van der Waals surface area contributed by atoms with Crippen molar-refractivity contribution < 1.29 is 9.47 Å². The van der Waals surface area contributed by atoms with E-state index in [1.807, 2.05) is 36.4 Å². The lowest BCUT2D eigenvalue weighted by Gasteiger charge is -2.20. The molecule has 0 saturated heterocycles. The van der Waals surface area contributed by atoms with E-state index in [1.54, 1.807) is 6.20 Å². The predicted molar refractivity (Wildman–Crippen MR) is 72.3 cm³/mol. The molecule has 4 heteroatoms. The topological polar surface area (TPSA) is 57.4 Å². The Labute approximate surface area is 112 Å². The Hall–Kier alpha value is -2.07. The maximum atomic E-state index is 6.22. The van der Waals surface area contributed by atoms with Crippen LogP contribution < -0.4 is 15.2 Å².